The minimum absolute atomic E-state index is 0. The average molecular weight is 247 g/mol. The Bertz CT molecular complexity index is 329. The number of aliphatic hydroxyl groups excluding tert-OH is 1. The van der Waals surface area contributed by atoms with Crippen LogP contribution in [-0.4, -0.2) is 29.7 Å². The first-order chi connectivity index (χ1) is 7.25. The molecule has 0 unspecified atom stereocenters. The summed E-state index contributed by atoms with van der Waals surface area (Å²) in [4.78, 5) is 11.6. The third-order valence-electron chi connectivity index (χ3n) is 2.44. The van der Waals surface area contributed by atoms with Crippen LogP contribution in [0.25, 0.3) is 0 Å². The molecule has 16 heavy (non-hydrogen) atoms. The Balaban J connectivity index is 0.00000128. The molecule has 1 aliphatic heterocycles. The first-order valence-electron chi connectivity index (χ1n) is 4.97. The van der Waals surface area contributed by atoms with Gasteiger partial charge in [-0.15, -0.1) is 12.4 Å². The van der Waals surface area contributed by atoms with Crippen LogP contribution < -0.4 is 10.6 Å². The molecule has 1 aromatic heterocycles. The SMILES string of the molecule is Cl.O=C(NCc1ccco1)[C@H]1C[C@@H](O)CN1. The number of nitrogens with one attached hydrogen (secondary N) is 2. The summed E-state index contributed by atoms with van der Waals surface area (Å²) in [5, 5.41) is 14.9. The van der Waals surface area contributed by atoms with E-state index >= 15 is 0 Å². The molecule has 1 fully saturated rings. The minimum Gasteiger partial charge on any atom is -0.467 e. The van der Waals surface area contributed by atoms with E-state index in [1.54, 1.807) is 18.4 Å². The Kier molecular flexibility index (Phi) is 4.79. The fourth-order valence-corrected chi connectivity index (χ4v) is 1.63. The molecule has 2 heterocycles. The molecule has 1 amide bonds. The van der Waals surface area contributed by atoms with Gasteiger partial charge >= 0.3 is 0 Å². The van der Waals surface area contributed by atoms with Crippen LogP contribution >= 0.6 is 12.4 Å². The number of halogens is 1. The first-order valence-corrected chi connectivity index (χ1v) is 4.97. The number of carbonyl (C=O) groups is 1. The second-order valence-corrected chi connectivity index (χ2v) is 3.65. The lowest BCUT2D eigenvalue weighted by molar-refractivity contribution is -0.123. The molecule has 0 spiro atoms. The normalized spacial score (nSPS) is 23.8. The van der Waals surface area contributed by atoms with E-state index < -0.39 is 6.10 Å². The topological polar surface area (TPSA) is 74.5 Å². The molecule has 0 saturated carbocycles. The maximum Gasteiger partial charge on any atom is 0.237 e. The van der Waals surface area contributed by atoms with Crippen LogP contribution in [0.1, 0.15) is 12.2 Å². The van der Waals surface area contributed by atoms with Gasteiger partial charge in [-0.3, -0.25) is 4.79 Å². The van der Waals surface area contributed by atoms with Crippen molar-refractivity contribution < 1.29 is 14.3 Å². The van der Waals surface area contributed by atoms with Crippen molar-refractivity contribution >= 4 is 18.3 Å². The van der Waals surface area contributed by atoms with Gasteiger partial charge in [0.1, 0.15) is 5.76 Å². The van der Waals surface area contributed by atoms with Crippen molar-refractivity contribution in [3.8, 4) is 0 Å². The van der Waals surface area contributed by atoms with E-state index in [9.17, 15) is 9.90 Å². The van der Waals surface area contributed by atoms with Gasteiger partial charge in [-0.25, -0.2) is 0 Å². The summed E-state index contributed by atoms with van der Waals surface area (Å²) in [6.45, 7) is 0.874. The third kappa shape index (κ3) is 3.23. The highest BCUT2D eigenvalue weighted by Crippen LogP contribution is 2.06. The summed E-state index contributed by atoms with van der Waals surface area (Å²) in [5.74, 6) is 0.629. The van der Waals surface area contributed by atoms with Gasteiger partial charge in [0.15, 0.2) is 0 Å². The van der Waals surface area contributed by atoms with Crippen molar-refractivity contribution in [1.29, 1.82) is 0 Å². The van der Waals surface area contributed by atoms with Crippen LogP contribution in [0.5, 0.6) is 0 Å². The maximum atomic E-state index is 11.6. The van der Waals surface area contributed by atoms with Crippen LogP contribution in [0.4, 0.5) is 0 Å². The van der Waals surface area contributed by atoms with Gasteiger partial charge < -0.3 is 20.2 Å². The number of hydrogen-bond acceptors (Lipinski definition) is 4. The largest absolute Gasteiger partial charge is 0.467 e. The molecule has 90 valence electrons. The quantitative estimate of drug-likeness (QED) is 0.704. The van der Waals surface area contributed by atoms with Crippen molar-refractivity contribution in [1.82, 2.24) is 10.6 Å². The summed E-state index contributed by atoms with van der Waals surface area (Å²) in [5.41, 5.74) is 0. The van der Waals surface area contributed by atoms with Crippen LogP contribution in [0.15, 0.2) is 22.8 Å². The minimum atomic E-state index is -0.413. The molecule has 5 nitrogen and oxygen atoms in total. The molecule has 6 heteroatoms. The molecule has 2 atom stereocenters. The van der Waals surface area contributed by atoms with Crippen LogP contribution in [0.2, 0.25) is 0 Å². The predicted octanol–water partition coefficient (Wildman–Crippen LogP) is 0.0404. The molecule has 0 aromatic carbocycles. The van der Waals surface area contributed by atoms with E-state index in [1.165, 1.54) is 0 Å². The lowest BCUT2D eigenvalue weighted by Gasteiger charge is -2.09. The van der Waals surface area contributed by atoms with E-state index in [1.807, 2.05) is 0 Å². The standard InChI is InChI=1S/C10H14N2O3.ClH/c13-7-4-9(11-5-7)10(14)12-6-8-2-1-3-15-8;/h1-3,7,9,11,13H,4-6H2,(H,12,14);1H/t7-,9-;/m1./s1. The number of rotatable bonds is 3. The summed E-state index contributed by atoms with van der Waals surface area (Å²) in [6, 6.07) is 3.30. The van der Waals surface area contributed by atoms with Crippen molar-refractivity contribution in [2.75, 3.05) is 6.54 Å². The summed E-state index contributed by atoms with van der Waals surface area (Å²) in [6.07, 6.45) is 1.63. The number of amides is 1. The van der Waals surface area contributed by atoms with Gasteiger partial charge in [0.05, 0.1) is 25.0 Å². The fraction of sp³-hybridized carbons (Fsp3) is 0.500. The lowest BCUT2D eigenvalue weighted by atomic mass is 10.2. The highest BCUT2D eigenvalue weighted by atomic mass is 35.5. The molecular formula is C10H15ClN2O3. The Morgan fingerprint density at radius 3 is 3.06 bits per heavy atom. The Morgan fingerprint density at radius 2 is 2.50 bits per heavy atom. The smallest absolute Gasteiger partial charge is 0.237 e. The number of hydrogen-bond donors (Lipinski definition) is 3. The van der Waals surface area contributed by atoms with Crippen LogP contribution in [-0.2, 0) is 11.3 Å². The fourth-order valence-electron chi connectivity index (χ4n) is 1.63. The van der Waals surface area contributed by atoms with Crippen molar-refractivity contribution in [2.24, 2.45) is 0 Å². The Morgan fingerprint density at radius 1 is 1.69 bits per heavy atom. The Hall–Kier alpha value is -1.04. The number of furan rings is 1. The third-order valence-corrected chi connectivity index (χ3v) is 2.44. The number of β-amino-alcohol motifs (C(OH)–C–C–N with tert-alkyl or cyclic N) is 1. The zero-order chi connectivity index (χ0) is 10.7. The number of carbonyl (C=O) groups excluding carboxylic acids is 1. The molecule has 3 N–H and O–H groups in total. The molecular weight excluding hydrogens is 232 g/mol. The maximum absolute atomic E-state index is 11.6. The molecule has 1 aromatic rings. The number of aliphatic hydroxyl groups is 1. The van der Waals surface area contributed by atoms with Gasteiger partial charge in [-0.05, 0) is 18.6 Å². The van der Waals surface area contributed by atoms with Gasteiger partial charge in [0.2, 0.25) is 5.91 Å². The van der Waals surface area contributed by atoms with Gasteiger partial charge in [-0.1, -0.05) is 0 Å². The molecule has 0 bridgehead atoms. The first kappa shape index (κ1) is 13.0. The van der Waals surface area contributed by atoms with Crippen molar-refractivity contribution in [3.05, 3.63) is 24.2 Å². The summed E-state index contributed by atoms with van der Waals surface area (Å²) in [7, 11) is 0. The van der Waals surface area contributed by atoms with Gasteiger partial charge in [0.25, 0.3) is 0 Å². The van der Waals surface area contributed by atoms with Gasteiger partial charge in [-0.2, -0.15) is 0 Å². The van der Waals surface area contributed by atoms with E-state index in [2.05, 4.69) is 10.6 Å². The molecule has 2 rings (SSSR count). The van der Waals surface area contributed by atoms with E-state index in [0.717, 1.165) is 5.76 Å². The van der Waals surface area contributed by atoms with E-state index in [-0.39, 0.29) is 24.4 Å². The summed E-state index contributed by atoms with van der Waals surface area (Å²) < 4.78 is 5.08. The van der Waals surface area contributed by atoms with E-state index in [0.29, 0.717) is 19.5 Å². The van der Waals surface area contributed by atoms with Crippen molar-refractivity contribution in [2.45, 2.75) is 25.1 Å². The highest BCUT2D eigenvalue weighted by Gasteiger charge is 2.27. The molecule has 1 saturated heterocycles. The monoisotopic (exact) mass is 246 g/mol. The molecule has 0 radical (unpaired) electrons. The van der Waals surface area contributed by atoms with E-state index in [4.69, 9.17) is 4.42 Å². The average Bonchev–Trinajstić information content (AvgIpc) is 2.84. The zero-order valence-corrected chi connectivity index (χ0v) is 9.50. The second-order valence-electron chi connectivity index (χ2n) is 3.65. The van der Waals surface area contributed by atoms with Crippen LogP contribution in [0, 0.1) is 0 Å². The summed E-state index contributed by atoms with van der Waals surface area (Å²) >= 11 is 0. The predicted molar refractivity (Wildman–Crippen MR) is 60.2 cm³/mol. The zero-order valence-electron chi connectivity index (χ0n) is 8.68. The van der Waals surface area contributed by atoms with Crippen LogP contribution in [0.3, 0.4) is 0 Å². The highest BCUT2D eigenvalue weighted by molar-refractivity contribution is 5.85. The second kappa shape index (κ2) is 5.89. The lowest BCUT2D eigenvalue weighted by Crippen LogP contribution is -2.39. The van der Waals surface area contributed by atoms with Gasteiger partial charge in [0, 0.05) is 6.54 Å². The molecule has 1 aliphatic rings. The van der Waals surface area contributed by atoms with Crippen molar-refractivity contribution in [3.63, 3.8) is 0 Å². The Labute approximate surface area is 99.6 Å². The molecule has 0 aliphatic carbocycles.